The van der Waals surface area contributed by atoms with Crippen LogP contribution in [0, 0.1) is 0 Å². The SMILES string of the molecule is CCC(CC(CC(CC(CC(CC(CC(CC(CC(CC(C)c1ccc(S(=O)(=O)[O-])cc1)c1ccc(S(=O)(=O)[O-])cc1)c1ccc(S(=O)(=O)[O-])cc1)c1ccc(S(=O)(=O)[O-])cc1)c1ccc(S(=O)(=O)[O-])cc1)c1ccc(S(=O)(=O)[O-])cc1)c1ccc(S(=O)(=O)[O-])cc1)c1ccc(S(=O)(=O)[O-])cc1)c1ccc(S(=O)(=O)[O-])cc1)c1ccc(S(=O)(=O)[O-])cc1. The normalized spacial score (nSPS) is 15.5. The van der Waals surface area contributed by atoms with Crippen molar-refractivity contribution >= 4 is 101 Å². The molecule has 0 amide bonds. The molecule has 0 heterocycles. The first-order valence-corrected chi connectivity index (χ1v) is 51.3. The molecular formula is C82H76O30S10-10. The van der Waals surface area contributed by atoms with Crippen molar-refractivity contribution in [2.24, 2.45) is 0 Å². The van der Waals surface area contributed by atoms with E-state index in [9.17, 15) is 130 Å². The van der Waals surface area contributed by atoms with Gasteiger partial charge in [0.2, 0.25) is 0 Å². The summed E-state index contributed by atoms with van der Waals surface area (Å²) in [6.07, 6.45) is -0.428. The van der Waals surface area contributed by atoms with E-state index in [1.165, 1.54) is 121 Å². The highest BCUT2D eigenvalue weighted by molar-refractivity contribution is 7.88. The Morgan fingerprint density at radius 1 is 0.164 bits per heavy atom. The molecule has 0 saturated carbocycles. The van der Waals surface area contributed by atoms with E-state index in [2.05, 4.69) is 0 Å². The van der Waals surface area contributed by atoms with Gasteiger partial charge in [0, 0.05) is 0 Å². The van der Waals surface area contributed by atoms with Crippen LogP contribution >= 0.6 is 0 Å². The number of hydrogen-bond acceptors (Lipinski definition) is 30. The molecule has 10 unspecified atom stereocenters. The van der Waals surface area contributed by atoms with Crippen molar-refractivity contribution < 1.29 is 130 Å². The first kappa shape index (κ1) is 95.5. The minimum atomic E-state index is -5.22. The summed E-state index contributed by atoms with van der Waals surface area (Å²) >= 11 is 0. The zero-order valence-electron chi connectivity index (χ0n) is 64.3. The minimum Gasteiger partial charge on any atom is -0.744 e. The molecule has 0 aromatic heterocycles. The van der Waals surface area contributed by atoms with Crippen LogP contribution < -0.4 is 0 Å². The smallest absolute Gasteiger partial charge is 0.124 e. The molecule has 0 radical (unpaired) electrons. The summed E-state index contributed by atoms with van der Waals surface area (Å²) in [7, 11) is -51.2. The van der Waals surface area contributed by atoms with Crippen molar-refractivity contribution in [3.05, 3.63) is 298 Å². The summed E-state index contributed by atoms with van der Waals surface area (Å²) < 4.78 is 376. The molecule has 10 aromatic carbocycles. The highest BCUT2D eigenvalue weighted by atomic mass is 32.3. The fourth-order valence-corrected chi connectivity index (χ4v) is 20.6. The lowest BCUT2D eigenvalue weighted by Gasteiger charge is -2.35. The van der Waals surface area contributed by atoms with Gasteiger partial charge < -0.3 is 45.5 Å². The van der Waals surface area contributed by atoms with Crippen molar-refractivity contribution in [3.8, 4) is 0 Å². The third-order valence-corrected chi connectivity index (χ3v) is 30.7. The van der Waals surface area contributed by atoms with Crippen LogP contribution in [0.2, 0.25) is 0 Å². The molecule has 0 spiro atoms. The monoisotopic (exact) mass is 1860 g/mol. The molecule has 654 valence electrons. The van der Waals surface area contributed by atoms with Gasteiger partial charge in [-0.2, -0.15) is 0 Å². The quantitative estimate of drug-likeness (QED) is 0.0323. The lowest BCUT2D eigenvalue weighted by Crippen LogP contribution is -2.18. The van der Waals surface area contributed by atoms with Crippen LogP contribution in [-0.4, -0.2) is 130 Å². The van der Waals surface area contributed by atoms with Gasteiger partial charge in [0.1, 0.15) is 101 Å². The predicted octanol–water partition coefficient (Wildman–Crippen LogP) is 11.8. The fourth-order valence-electron chi connectivity index (χ4n) is 15.9. The van der Waals surface area contributed by atoms with Crippen LogP contribution in [0.3, 0.4) is 0 Å². The average Bonchev–Trinajstić information content (AvgIpc) is 0.798. The first-order valence-electron chi connectivity index (χ1n) is 37.2. The topological polar surface area (TPSA) is 572 Å². The van der Waals surface area contributed by atoms with Crippen LogP contribution in [0.1, 0.15) is 193 Å². The van der Waals surface area contributed by atoms with Gasteiger partial charge in [-0.05, 0) is 300 Å². The van der Waals surface area contributed by atoms with E-state index in [0.717, 1.165) is 121 Å². The third kappa shape index (κ3) is 25.8. The van der Waals surface area contributed by atoms with Gasteiger partial charge in [-0.3, -0.25) is 0 Å². The molecule has 30 nitrogen and oxygen atoms in total. The van der Waals surface area contributed by atoms with Crippen LogP contribution in [0.15, 0.2) is 292 Å². The Bertz CT molecular complexity index is 6620. The van der Waals surface area contributed by atoms with Crippen LogP contribution in [-0.2, 0) is 101 Å². The summed E-state index contributed by atoms with van der Waals surface area (Å²) in [5.74, 6) is -8.60. The summed E-state index contributed by atoms with van der Waals surface area (Å²) in [5.41, 5.74) is 3.51. The van der Waals surface area contributed by atoms with Gasteiger partial charge in [-0.1, -0.05) is 135 Å². The molecule has 10 rings (SSSR count). The second kappa shape index (κ2) is 38.0. The van der Waals surface area contributed by atoms with Gasteiger partial charge in [-0.25, -0.2) is 84.2 Å². The number of rotatable bonds is 39. The second-order valence-electron chi connectivity index (χ2n) is 29.9. The molecule has 0 saturated heterocycles. The van der Waals surface area contributed by atoms with Crippen molar-refractivity contribution in [3.63, 3.8) is 0 Å². The highest BCUT2D eigenvalue weighted by Gasteiger charge is 2.34. The molecule has 10 atom stereocenters. The van der Waals surface area contributed by atoms with Crippen molar-refractivity contribution in [1.82, 2.24) is 0 Å². The van der Waals surface area contributed by atoms with Gasteiger partial charge in [-0.15, -0.1) is 0 Å². The molecular weight excluding hydrogens is 1790 g/mol. The maximum Gasteiger partial charge on any atom is 0.124 e. The fraction of sp³-hybridized carbons (Fsp3) is 0.268. The number of benzene rings is 10. The Balaban J connectivity index is 1.19. The Morgan fingerprint density at radius 2 is 0.262 bits per heavy atom. The van der Waals surface area contributed by atoms with Gasteiger partial charge in [0.05, 0.1) is 49.0 Å². The number of hydrogen-bond donors (Lipinski definition) is 0. The van der Waals surface area contributed by atoms with E-state index in [1.807, 2.05) is 0 Å². The van der Waals surface area contributed by atoms with Gasteiger partial charge >= 0.3 is 0 Å². The van der Waals surface area contributed by atoms with E-state index < -0.39 is 209 Å². The molecule has 10 aromatic rings. The third-order valence-electron chi connectivity index (χ3n) is 22.2. The summed E-state index contributed by atoms with van der Waals surface area (Å²) in [6.45, 7) is 3.54. The molecule has 0 bridgehead atoms. The standard InChI is InChI=1S/C82H86O30S10/c1-3-54(56-6-26-74(27-7-56)114(86,87)88)45-66(58-10-30-76(31-11-58)116(92,93)94)47-68(60-14-34-78(35-15-60)118(98,99)100)49-70(62-18-38-80(39-19-62)120(104,105)106)51-72(64-22-42-82(43-23-64)122(110,111)112)52-71(63-20-40-81(41-21-63)121(107,108)109)50-69(61-16-36-79(37-17-61)119(101,102)103)48-67(59-12-32-77(33-13-59)117(95,96)97)46-65(57-8-28-75(29-9-57)115(89,90)91)44-53(2)55-4-24-73(25-5-55)113(83,84)85/h4-43,53-54,65-72H,3,44-52H2,1-2H3,(H,83,84,85)(H,86,87,88)(H,89,90,91)(H,92,93,94)(H,95,96,97)(H,98,99,100)(H,101,102,103)(H,104,105,106)(H,107,108,109)(H,110,111,112)/p-10. The minimum absolute atomic E-state index is 0.0434. The predicted molar refractivity (Wildman–Crippen MR) is 429 cm³/mol. The summed E-state index contributed by atoms with van der Waals surface area (Å²) in [4.78, 5) is -6.55. The largest absolute Gasteiger partial charge is 0.744 e. The molecule has 0 aliphatic carbocycles. The lowest BCUT2D eigenvalue weighted by atomic mass is 9.70. The van der Waals surface area contributed by atoms with E-state index in [0.29, 0.717) is 39.8 Å². The van der Waals surface area contributed by atoms with E-state index in [1.54, 1.807) is 13.8 Å². The van der Waals surface area contributed by atoms with Crippen LogP contribution in [0.5, 0.6) is 0 Å². The lowest BCUT2D eigenvalue weighted by molar-refractivity contribution is 0.368. The van der Waals surface area contributed by atoms with E-state index in [-0.39, 0.29) is 80.0 Å². The van der Waals surface area contributed by atoms with Crippen LogP contribution in [0.4, 0.5) is 0 Å². The van der Waals surface area contributed by atoms with Crippen LogP contribution in [0.25, 0.3) is 0 Å². The van der Waals surface area contributed by atoms with Gasteiger partial charge in [0.15, 0.2) is 0 Å². The first-order chi connectivity index (χ1) is 56.6. The Labute approximate surface area is 709 Å². The summed E-state index contributed by atoms with van der Waals surface area (Å²) in [6, 6.07) is 48.0. The molecule has 0 aliphatic heterocycles. The highest BCUT2D eigenvalue weighted by Crippen LogP contribution is 2.51. The average molecular weight is 1860 g/mol. The van der Waals surface area contributed by atoms with E-state index >= 15 is 0 Å². The molecule has 0 N–H and O–H groups in total. The maximum atomic E-state index is 12.8. The molecule has 0 aliphatic rings. The van der Waals surface area contributed by atoms with E-state index in [4.69, 9.17) is 0 Å². The molecule has 122 heavy (non-hydrogen) atoms. The Kier molecular flexibility index (Phi) is 29.8. The Hall–Kier alpha value is -8.70. The molecule has 0 fully saturated rings. The van der Waals surface area contributed by atoms with Crippen molar-refractivity contribution in [2.75, 3.05) is 0 Å². The zero-order chi connectivity index (χ0) is 89.7. The zero-order valence-corrected chi connectivity index (χ0v) is 72.4. The Morgan fingerprint density at radius 3 is 0.377 bits per heavy atom. The van der Waals surface area contributed by atoms with Crippen molar-refractivity contribution in [2.45, 2.75) is 186 Å². The maximum absolute atomic E-state index is 12.8. The van der Waals surface area contributed by atoms with Crippen molar-refractivity contribution in [1.29, 1.82) is 0 Å². The summed E-state index contributed by atoms with van der Waals surface area (Å²) in [5, 5.41) is 0. The molecule has 40 heteroatoms. The van der Waals surface area contributed by atoms with Gasteiger partial charge in [0.25, 0.3) is 0 Å². The second-order valence-corrected chi connectivity index (χ2v) is 43.7.